The third kappa shape index (κ3) is 5.20. The van der Waals surface area contributed by atoms with Gasteiger partial charge in [-0.1, -0.05) is 0 Å². The molecular formula is C3H7O5P. The Hall–Kier alpha value is -0.670. The molecule has 9 heavy (non-hydrogen) atoms. The molecule has 0 aliphatic rings. The van der Waals surface area contributed by atoms with Gasteiger partial charge in [0.25, 0.3) is 0 Å². The van der Waals surface area contributed by atoms with Gasteiger partial charge in [-0.05, 0) is 9.90 Å². The molecule has 0 amide bonds. The van der Waals surface area contributed by atoms with Gasteiger partial charge in [0.1, 0.15) is 0 Å². The second-order valence-corrected chi connectivity index (χ2v) is 0.848. The van der Waals surface area contributed by atoms with Gasteiger partial charge in [0.2, 0.25) is 0 Å². The zero-order valence-corrected chi connectivity index (χ0v) is 6.79. The molecule has 0 rings (SSSR count). The first-order valence-corrected chi connectivity index (χ1v) is 1.67. The van der Waals surface area contributed by atoms with E-state index in [1.807, 2.05) is 0 Å². The van der Waals surface area contributed by atoms with Crippen molar-refractivity contribution in [3.63, 3.8) is 0 Å². The molecule has 0 radical (unpaired) electrons. The number of carbonyl (C=O) groups is 2. The highest BCUT2D eigenvalue weighted by Gasteiger charge is 1.99. The maximum Gasteiger partial charge on any atom is 0.356 e. The van der Waals surface area contributed by atoms with Crippen molar-refractivity contribution < 1.29 is 24.5 Å². The third-order valence-electron chi connectivity index (χ3n) is 0.362. The molecule has 1 N–H and O–H groups in total. The van der Waals surface area contributed by atoms with E-state index in [9.17, 15) is 14.7 Å². The number of rotatable bonds is 1. The van der Waals surface area contributed by atoms with Crippen molar-refractivity contribution in [1.29, 1.82) is 0 Å². The van der Waals surface area contributed by atoms with Crippen LogP contribution in [0, 0.1) is 0 Å². The molecule has 0 bridgehead atoms. The summed E-state index contributed by atoms with van der Waals surface area (Å²) in [6.45, 7) is -0.938. The summed E-state index contributed by atoms with van der Waals surface area (Å²) in [4.78, 5) is 19.1. The van der Waals surface area contributed by atoms with Gasteiger partial charge in [0.15, 0.2) is 12.8 Å². The van der Waals surface area contributed by atoms with Crippen molar-refractivity contribution in [2.75, 3.05) is 6.79 Å². The average Bonchev–Trinajstić information content (AvgIpc) is 1.67. The molecule has 0 aliphatic heterocycles. The van der Waals surface area contributed by atoms with E-state index in [4.69, 9.17) is 5.11 Å². The Bertz CT molecular complexity index is 111. The highest BCUT2D eigenvalue weighted by molar-refractivity contribution is 6.92. The number of aliphatic carboxylic acids is 1. The lowest BCUT2D eigenvalue weighted by Crippen LogP contribution is -2.33. The lowest BCUT2D eigenvalue weighted by Gasteiger charge is -1.97. The number of carboxylic acid groups (broad SMARTS) is 1. The third-order valence-corrected chi connectivity index (χ3v) is 0.362. The van der Waals surface area contributed by atoms with Crippen molar-refractivity contribution in [2.45, 2.75) is 0 Å². The van der Waals surface area contributed by atoms with Gasteiger partial charge in [-0.3, -0.25) is 0 Å². The topological polar surface area (TPSA) is 86.7 Å². The number of aliphatic hydroxyl groups excluding tert-OH is 1. The molecule has 0 fully saturated rings. The SMILES string of the molecule is O=C([O-])C(=O)OCO.[PH4+]. The zero-order chi connectivity index (χ0) is 6.57. The molecule has 0 aliphatic carbocycles. The molecular weight excluding hydrogens is 147 g/mol. The lowest BCUT2D eigenvalue weighted by molar-refractivity contribution is -0.304. The molecule has 0 heterocycles. The molecule has 6 heteroatoms. The summed E-state index contributed by atoms with van der Waals surface area (Å²) in [7, 11) is 0. The Morgan fingerprint density at radius 3 is 2.11 bits per heavy atom. The number of hydrogen-bond acceptors (Lipinski definition) is 5. The minimum absolute atomic E-state index is 0. The van der Waals surface area contributed by atoms with E-state index in [1.165, 1.54) is 0 Å². The number of ether oxygens (including phenoxy) is 1. The van der Waals surface area contributed by atoms with E-state index in [0.717, 1.165) is 0 Å². The summed E-state index contributed by atoms with van der Waals surface area (Å²) in [5.74, 6) is -3.52. The number of esters is 1. The normalized spacial score (nSPS) is 7.22. The molecule has 0 saturated carbocycles. The quantitative estimate of drug-likeness (QED) is 0.188. The van der Waals surface area contributed by atoms with Gasteiger partial charge in [-0.2, -0.15) is 0 Å². The van der Waals surface area contributed by atoms with Crippen molar-refractivity contribution in [3.8, 4) is 0 Å². The standard InChI is InChI=1S/C3H4O5.H3P/c4-1-8-3(7)2(5)6;/h4H,1H2,(H,5,6);1H3. The van der Waals surface area contributed by atoms with Gasteiger partial charge in [-0.15, -0.1) is 0 Å². The maximum absolute atomic E-state index is 9.70. The molecule has 1 atom stereocenters. The van der Waals surface area contributed by atoms with Crippen molar-refractivity contribution in [2.24, 2.45) is 0 Å². The largest absolute Gasteiger partial charge is 0.539 e. The summed E-state index contributed by atoms with van der Waals surface area (Å²) in [5.41, 5.74) is 0. The van der Waals surface area contributed by atoms with E-state index in [0.29, 0.717) is 0 Å². The first-order valence-electron chi connectivity index (χ1n) is 1.67. The number of carbonyl (C=O) groups excluding carboxylic acids is 2. The van der Waals surface area contributed by atoms with Crippen LogP contribution in [0.5, 0.6) is 0 Å². The molecule has 54 valence electrons. The molecule has 0 aromatic carbocycles. The first-order chi connectivity index (χ1) is 3.68. The van der Waals surface area contributed by atoms with Gasteiger partial charge < -0.3 is 19.7 Å². The number of hydrogen-bond donors (Lipinski definition) is 1. The minimum atomic E-state index is -1.96. The Kier molecular flexibility index (Phi) is 6.78. The Balaban J connectivity index is 0. The Morgan fingerprint density at radius 1 is 1.56 bits per heavy atom. The van der Waals surface area contributed by atoms with Crippen molar-refractivity contribution in [1.82, 2.24) is 0 Å². The Labute approximate surface area is 54.2 Å². The van der Waals surface area contributed by atoms with Crippen LogP contribution in [0.1, 0.15) is 0 Å². The second kappa shape index (κ2) is 5.47. The fourth-order valence-electron chi connectivity index (χ4n) is 0.118. The van der Waals surface area contributed by atoms with Crippen LogP contribution in [0.3, 0.4) is 0 Å². The highest BCUT2D eigenvalue weighted by Crippen LogP contribution is 1.69. The fourth-order valence-corrected chi connectivity index (χ4v) is 0.118. The molecule has 0 aromatic rings. The van der Waals surface area contributed by atoms with Crippen LogP contribution >= 0.6 is 9.90 Å². The predicted molar refractivity (Wildman–Crippen MR) is 30.7 cm³/mol. The van der Waals surface area contributed by atoms with Crippen LogP contribution in [-0.4, -0.2) is 23.8 Å². The van der Waals surface area contributed by atoms with Crippen LogP contribution in [0.25, 0.3) is 0 Å². The van der Waals surface area contributed by atoms with Crippen molar-refractivity contribution in [3.05, 3.63) is 0 Å². The smallest absolute Gasteiger partial charge is 0.356 e. The minimum Gasteiger partial charge on any atom is -0.539 e. The molecule has 5 nitrogen and oxygen atoms in total. The summed E-state index contributed by atoms with van der Waals surface area (Å²) in [5, 5.41) is 17.1. The molecule has 0 aromatic heterocycles. The molecule has 0 saturated heterocycles. The van der Waals surface area contributed by atoms with Crippen molar-refractivity contribution >= 4 is 21.8 Å². The average molecular weight is 154 g/mol. The lowest BCUT2D eigenvalue weighted by atomic mass is 10.7. The molecule has 0 spiro atoms. The van der Waals surface area contributed by atoms with Gasteiger partial charge in [0, 0.05) is 0 Å². The van der Waals surface area contributed by atoms with Crippen LogP contribution in [0.2, 0.25) is 0 Å². The van der Waals surface area contributed by atoms with Gasteiger partial charge >= 0.3 is 5.97 Å². The van der Waals surface area contributed by atoms with E-state index in [2.05, 4.69) is 4.74 Å². The van der Waals surface area contributed by atoms with Crippen LogP contribution in [-0.2, 0) is 14.3 Å². The van der Waals surface area contributed by atoms with Gasteiger partial charge in [-0.25, -0.2) is 4.79 Å². The number of aliphatic hydroxyl groups is 1. The highest BCUT2D eigenvalue weighted by atomic mass is 31.0. The predicted octanol–water partition coefficient (Wildman–Crippen LogP) is -2.98. The molecule has 1 unspecified atom stereocenters. The zero-order valence-electron chi connectivity index (χ0n) is 4.79. The monoisotopic (exact) mass is 154 g/mol. The van der Waals surface area contributed by atoms with E-state index in [-0.39, 0.29) is 9.90 Å². The van der Waals surface area contributed by atoms with Crippen LogP contribution < -0.4 is 5.11 Å². The van der Waals surface area contributed by atoms with Crippen LogP contribution in [0.15, 0.2) is 0 Å². The number of carboxylic acids is 1. The summed E-state index contributed by atoms with van der Waals surface area (Å²) >= 11 is 0. The van der Waals surface area contributed by atoms with E-state index < -0.39 is 18.7 Å². The summed E-state index contributed by atoms with van der Waals surface area (Å²) in [6.07, 6.45) is 0. The van der Waals surface area contributed by atoms with E-state index in [1.54, 1.807) is 0 Å². The van der Waals surface area contributed by atoms with Crippen LogP contribution in [0.4, 0.5) is 0 Å². The Morgan fingerprint density at radius 2 is 2.00 bits per heavy atom. The fraction of sp³-hybridized carbons (Fsp3) is 0.333. The summed E-state index contributed by atoms with van der Waals surface area (Å²) in [6, 6.07) is 0. The summed E-state index contributed by atoms with van der Waals surface area (Å²) < 4.78 is 3.56. The maximum atomic E-state index is 9.70. The van der Waals surface area contributed by atoms with E-state index >= 15 is 0 Å². The second-order valence-electron chi connectivity index (χ2n) is 0.848. The van der Waals surface area contributed by atoms with Gasteiger partial charge in [0.05, 0.1) is 0 Å². The first kappa shape index (κ1) is 11.2.